The van der Waals surface area contributed by atoms with Crippen LogP contribution in [-0.2, 0) is 10.0 Å². The summed E-state index contributed by atoms with van der Waals surface area (Å²) in [7, 11) is -2.20. The molecule has 0 saturated heterocycles. The molecule has 3 aromatic rings. The van der Waals surface area contributed by atoms with Crippen LogP contribution in [-0.4, -0.2) is 21.4 Å². The van der Waals surface area contributed by atoms with Crippen molar-refractivity contribution in [3.63, 3.8) is 0 Å². The maximum atomic E-state index is 13.1. The minimum absolute atomic E-state index is 0.0689. The lowest BCUT2D eigenvalue weighted by Gasteiger charge is -2.21. The number of aryl methyl sites for hydroxylation is 2. The van der Waals surface area contributed by atoms with Gasteiger partial charge in [-0.05, 0) is 85.3 Å². The number of methoxy groups -OCH3 is 1. The van der Waals surface area contributed by atoms with E-state index in [1.807, 2.05) is 26.0 Å². The van der Waals surface area contributed by atoms with E-state index in [0.29, 0.717) is 11.3 Å². The Hall–Kier alpha value is -3.32. The number of carbonyl (C=O) groups is 1. The van der Waals surface area contributed by atoms with Gasteiger partial charge in [-0.15, -0.1) is 0 Å². The summed E-state index contributed by atoms with van der Waals surface area (Å²) in [5.41, 5.74) is 4.36. The molecule has 3 aromatic carbocycles. The van der Waals surface area contributed by atoms with E-state index in [9.17, 15) is 13.2 Å². The van der Waals surface area contributed by atoms with Crippen molar-refractivity contribution >= 4 is 21.6 Å². The van der Waals surface area contributed by atoms with Crippen molar-refractivity contribution in [3.8, 4) is 5.75 Å². The molecule has 3 rings (SSSR count). The number of amides is 1. The first kappa shape index (κ1) is 25.3. The molecule has 0 unspecified atom stereocenters. The highest BCUT2D eigenvalue weighted by atomic mass is 32.2. The molecule has 0 spiro atoms. The predicted molar refractivity (Wildman–Crippen MR) is 136 cm³/mol. The number of sulfonamides is 1. The van der Waals surface area contributed by atoms with Gasteiger partial charge in [0.1, 0.15) is 5.75 Å². The minimum atomic E-state index is -3.85. The molecule has 0 bridgehead atoms. The third-order valence-corrected chi connectivity index (χ3v) is 7.34. The van der Waals surface area contributed by atoms with E-state index in [-0.39, 0.29) is 28.3 Å². The summed E-state index contributed by atoms with van der Waals surface area (Å²) in [6.45, 7) is 9.80. The van der Waals surface area contributed by atoms with Crippen molar-refractivity contribution in [3.05, 3.63) is 88.5 Å². The van der Waals surface area contributed by atoms with Crippen molar-refractivity contribution in [1.82, 2.24) is 5.32 Å². The monoisotopic (exact) mass is 480 g/mol. The lowest BCUT2D eigenvalue weighted by atomic mass is 9.93. The fourth-order valence-corrected chi connectivity index (χ4v) is 5.25. The second-order valence-electron chi connectivity index (χ2n) is 8.75. The van der Waals surface area contributed by atoms with E-state index in [0.717, 1.165) is 22.4 Å². The number of rotatable bonds is 8. The molecule has 180 valence electrons. The molecule has 2 N–H and O–H groups in total. The average Bonchev–Trinajstić information content (AvgIpc) is 2.78. The van der Waals surface area contributed by atoms with Crippen LogP contribution in [0.15, 0.2) is 65.6 Å². The number of nitrogens with one attached hydrogen (secondary N) is 2. The Morgan fingerprint density at radius 2 is 1.56 bits per heavy atom. The zero-order chi connectivity index (χ0) is 25.0. The maximum absolute atomic E-state index is 13.1. The summed E-state index contributed by atoms with van der Waals surface area (Å²) >= 11 is 0. The van der Waals surface area contributed by atoms with Gasteiger partial charge in [-0.25, -0.2) is 8.42 Å². The molecule has 1 amide bonds. The maximum Gasteiger partial charge on any atom is 0.262 e. The molecule has 0 fully saturated rings. The van der Waals surface area contributed by atoms with E-state index in [1.54, 1.807) is 50.4 Å². The molecular formula is C27H32N2O4S. The Labute approximate surface area is 202 Å². The van der Waals surface area contributed by atoms with Crippen molar-refractivity contribution in [1.29, 1.82) is 0 Å². The lowest BCUT2D eigenvalue weighted by Crippen LogP contribution is -2.27. The zero-order valence-corrected chi connectivity index (χ0v) is 21.3. The van der Waals surface area contributed by atoms with Crippen LogP contribution < -0.4 is 14.8 Å². The first-order valence-electron chi connectivity index (χ1n) is 11.2. The number of carbonyl (C=O) groups excluding carboxylic acids is 1. The van der Waals surface area contributed by atoms with Crippen LogP contribution in [0.1, 0.15) is 65.3 Å². The third-order valence-electron chi connectivity index (χ3n) is 5.82. The van der Waals surface area contributed by atoms with Crippen LogP contribution in [0.4, 0.5) is 5.69 Å². The second kappa shape index (κ2) is 10.3. The van der Waals surface area contributed by atoms with E-state index in [4.69, 9.17) is 4.74 Å². The molecule has 0 aromatic heterocycles. The predicted octanol–water partition coefficient (Wildman–Crippen LogP) is 5.73. The van der Waals surface area contributed by atoms with Gasteiger partial charge in [0.2, 0.25) is 0 Å². The van der Waals surface area contributed by atoms with Crippen LogP contribution in [0.3, 0.4) is 0 Å². The molecular weight excluding hydrogens is 448 g/mol. The Balaban J connectivity index is 1.87. The number of hydrogen-bond donors (Lipinski definition) is 2. The fraction of sp³-hybridized carbons (Fsp3) is 0.296. The number of para-hydroxylation sites is 1. The largest absolute Gasteiger partial charge is 0.496 e. The topological polar surface area (TPSA) is 84.5 Å². The first-order valence-corrected chi connectivity index (χ1v) is 12.7. The molecule has 34 heavy (non-hydrogen) atoms. The van der Waals surface area contributed by atoms with Crippen LogP contribution in [0, 0.1) is 13.8 Å². The SMILES string of the molecule is COc1cc(C)c([C@H](C)NC(=O)c2ccc(C)c(S(=O)(=O)Nc3ccccc3)c2)cc1C(C)C. The molecule has 0 aliphatic heterocycles. The summed E-state index contributed by atoms with van der Waals surface area (Å²) < 4.78 is 34.1. The molecule has 0 radical (unpaired) electrons. The molecule has 0 aliphatic carbocycles. The Morgan fingerprint density at radius 3 is 2.18 bits per heavy atom. The first-order chi connectivity index (χ1) is 16.0. The Kier molecular flexibility index (Phi) is 7.67. The highest BCUT2D eigenvalue weighted by Gasteiger charge is 2.21. The number of anilines is 1. The van der Waals surface area contributed by atoms with Gasteiger partial charge in [-0.1, -0.05) is 38.1 Å². The van der Waals surface area contributed by atoms with Gasteiger partial charge in [-0.2, -0.15) is 0 Å². The fourth-order valence-electron chi connectivity index (χ4n) is 3.92. The molecule has 7 heteroatoms. The van der Waals surface area contributed by atoms with Crippen molar-refractivity contribution in [2.75, 3.05) is 11.8 Å². The van der Waals surface area contributed by atoms with Gasteiger partial charge in [0.15, 0.2) is 0 Å². The summed E-state index contributed by atoms with van der Waals surface area (Å²) in [5, 5.41) is 3.01. The van der Waals surface area contributed by atoms with Gasteiger partial charge >= 0.3 is 0 Å². The van der Waals surface area contributed by atoms with Crippen molar-refractivity contribution < 1.29 is 17.9 Å². The lowest BCUT2D eigenvalue weighted by molar-refractivity contribution is 0.0939. The highest BCUT2D eigenvalue weighted by Crippen LogP contribution is 2.32. The van der Waals surface area contributed by atoms with Crippen molar-refractivity contribution in [2.45, 2.75) is 51.5 Å². The highest BCUT2D eigenvalue weighted by molar-refractivity contribution is 7.92. The summed E-state index contributed by atoms with van der Waals surface area (Å²) in [6, 6.07) is 17.1. The van der Waals surface area contributed by atoms with Crippen LogP contribution in [0.2, 0.25) is 0 Å². The standard InChI is InChI=1S/C27H32N2O4S/c1-17(2)23-16-24(19(4)14-25(23)33-6)20(5)28-27(30)21-13-12-18(3)26(15-21)34(31,32)29-22-10-8-7-9-11-22/h7-17,20,29H,1-6H3,(H,28,30)/t20-/m0/s1. The van der Waals surface area contributed by atoms with Gasteiger partial charge in [0.05, 0.1) is 18.0 Å². The number of hydrogen-bond acceptors (Lipinski definition) is 4. The number of benzene rings is 3. The zero-order valence-electron chi connectivity index (χ0n) is 20.5. The minimum Gasteiger partial charge on any atom is -0.496 e. The van der Waals surface area contributed by atoms with Gasteiger partial charge in [0, 0.05) is 11.3 Å². The molecule has 1 atom stereocenters. The second-order valence-corrected chi connectivity index (χ2v) is 10.4. The molecule has 0 aliphatic rings. The van der Waals surface area contributed by atoms with E-state index in [2.05, 4.69) is 30.0 Å². The summed E-state index contributed by atoms with van der Waals surface area (Å²) in [6.07, 6.45) is 0. The van der Waals surface area contributed by atoms with Crippen LogP contribution in [0.25, 0.3) is 0 Å². The number of ether oxygens (including phenoxy) is 1. The quantitative estimate of drug-likeness (QED) is 0.431. The van der Waals surface area contributed by atoms with Crippen LogP contribution in [0.5, 0.6) is 5.75 Å². The van der Waals surface area contributed by atoms with Crippen molar-refractivity contribution in [2.24, 2.45) is 0 Å². The van der Waals surface area contributed by atoms with E-state index >= 15 is 0 Å². The normalized spacial score (nSPS) is 12.3. The molecule has 0 saturated carbocycles. The molecule has 0 heterocycles. The van der Waals surface area contributed by atoms with E-state index in [1.165, 1.54) is 6.07 Å². The molecule has 6 nitrogen and oxygen atoms in total. The Bertz CT molecular complexity index is 1290. The smallest absolute Gasteiger partial charge is 0.262 e. The van der Waals surface area contributed by atoms with Crippen LogP contribution >= 0.6 is 0 Å². The summed E-state index contributed by atoms with van der Waals surface area (Å²) in [5.74, 6) is 0.748. The van der Waals surface area contributed by atoms with Gasteiger partial charge in [-0.3, -0.25) is 9.52 Å². The van der Waals surface area contributed by atoms with Gasteiger partial charge < -0.3 is 10.1 Å². The summed E-state index contributed by atoms with van der Waals surface area (Å²) in [4.78, 5) is 13.1. The average molecular weight is 481 g/mol. The third kappa shape index (κ3) is 5.59. The van der Waals surface area contributed by atoms with E-state index < -0.39 is 10.0 Å². The Morgan fingerprint density at radius 1 is 0.882 bits per heavy atom. The van der Waals surface area contributed by atoms with Gasteiger partial charge in [0.25, 0.3) is 15.9 Å².